The Balaban J connectivity index is 1.79. The molecule has 0 unspecified atom stereocenters. The number of carboxylic acid groups (broad SMARTS) is 1. The number of aliphatic hydroxyl groups is 1. The van der Waals surface area contributed by atoms with Crippen LogP contribution in [0.2, 0.25) is 0 Å². The number of carboxylic acids is 1. The molecule has 30 heavy (non-hydrogen) atoms. The lowest BCUT2D eigenvalue weighted by molar-refractivity contribution is 0.0697. The number of hydrogen-bond acceptors (Lipinski definition) is 4. The second-order valence-corrected chi connectivity index (χ2v) is 7.44. The fraction of sp³-hybridized carbons (Fsp3) is 0.227. The van der Waals surface area contributed by atoms with E-state index >= 15 is 0 Å². The predicted octanol–water partition coefficient (Wildman–Crippen LogP) is 2.93. The topological polar surface area (TPSA) is 90.6 Å². The minimum absolute atomic E-state index is 0.0712. The molecule has 0 radical (unpaired) electrons. The van der Waals surface area contributed by atoms with E-state index < -0.39 is 5.97 Å². The number of benzene rings is 1. The van der Waals surface area contributed by atoms with Gasteiger partial charge in [0.2, 0.25) is 0 Å². The number of thiocarbonyl (C=S) groups is 1. The van der Waals surface area contributed by atoms with Crippen molar-refractivity contribution in [3.8, 4) is 5.69 Å². The Hall–Kier alpha value is -3.23. The van der Waals surface area contributed by atoms with E-state index in [0.717, 1.165) is 17.1 Å². The number of hydrogen-bond donors (Lipinski definition) is 3. The fourth-order valence-corrected chi connectivity index (χ4v) is 4.20. The van der Waals surface area contributed by atoms with Crippen LogP contribution in [-0.2, 0) is 0 Å². The normalized spacial score (nSPS) is 18.4. The van der Waals surface area contributed by atoms with Crippen molar-refractivity contribution >= 4 is 23.3 Å². The molecular formula is C22H22N4O3S. The monoisotopic (exact) mass is 422 g/mol. The maximum absolute atomic E-state index is 11.4. The van der Waals surface area contributed by atoms with Gasteiger partial charge < -0.3 is 25.0 Å². The number of aromatic carboxylic acids is 1. The van der Waals surface area contributed by atoms with Crippen LogP contribution in [0.1, 0.15) is 40.3 Å². The summed E-state index contributed by atoms with van der Waals surface area (Å²) in [5.74, 6) is -0.967. The molecule has 154 valence electrons. The first kappa shape index (κ1) is 20.1. The number of nitrogens with zero attached hydrogens (tertiary/aromatic N) is 3. The van der Waals surface area contributed by atoms with E-state index in [4.69, 9.17) is 12.2 Å². The molecule has 0 spiro atoms. The zero-order valence-electron chi connectivity index (χ0n) is 16.2. The van der Waals surface area contributed by atoms with Gasteiger partial charge in [0.15, 0.2) is 5.11 Å². The van der Waals surface area contributed by atoms with Gasteiger partial charge in [0.05, 0.1) is 23.3 Å². The summed E-state index contributed by atoms with van der Waals surface area (Å²) in [5.41, 5.74) is 2.81. The van der Waals surface area contributed by atoms with Gasteiger partial charge in [-0.2, -0.15) is 0 Å². The van der Waals surface area contributed by atoms with Gasteiger partial charge in [-0.05, 0) is 61.1 Å². The molecule has 0 bridgehead atoms. The summed E-state index contributed by atoms with van der Waals surface area (Å²) in [4.78, 5) is 18.0. The van der Waals surface area contributed by atoms with Gasteiger partial charge in [-0.3, -0.25) is 4.98 Å². The summed E-state index contributed by atoms with van der Waals surface area (Å²) >= 11 is 5.62. The highest BCUT2D eigenvalue weighted by Gasteiger charge is 2.40. The number of aliphatic hydroxyl groups excluding tert-OH is 1. The van der Waals surface area contributed by atoms with Crippen molar-refractivity contribution in [2.75, 3.05) is 13.2 Å². The molecule has 1 aliphatic heterocycles. The summed E-state index contributed by atoms with van der Waals surface area (Å²) in [6.45, 7) is 0.665. The molecule has 0 aliphatic carbocycles. The fourth-order valence-electron chi connectivity index (χ4n) is 3.87. The first-order valence-electron chi connectivity index (χ1n) is 9.70. The van der Waals surface area contributed by atoms with E-state index in [0.29, 0.717) is 18.1 Å². The van der Waals surface area contributed by atoms with E-state index in [9.17, 15) is 15.0 Å². The first-order chi connectivity index (χ1) is 14.6. The molecular weight excluding hydrogens is 400 g/mol. The predicted molar refractivity (Wildman–Crippen MR) is 117 cm³/mol. The summed E-state index contributed by atoms with van der Waals surface area (Å²) < 4.78 is 1.98. The lowest BCUT2D eigenvalue weighted by atomic mass is 10.0. The van der Waals surface area contributed by atoms with Crippen LogP contribution in [0.4, 0.5) is 0 Å². The lowest BCUT2D eigenvalue weighted by Gasteiger charge is -2.28. The Morgan fingerprint density at radius 3 is 2.77 bits per heavy atom. The number of aromatic nitrogens is 2. The summed E-state index contributed by atoms with van der Waals surface area (Å²) in [6, 6.07) is 16.2. The number of pyridine rings is 1. The molecule has 1 aromatic carbocycles. The van der Waals surface area contributed by atoms with Crippen LogP contribution in [-0.4, -0.2) is 48.9 Å². The molecule has 0 amide bonds. The van der Waals surface area contributed by atoms with Crippen molar-refractivity contribution < 1.29 is 15.0 Å². The molecule has 3 aromatic rings. The largest absolute Gasteiger partial charge is 0.478 e. The molecule has 7 nitrogen and oxygen atoms in total. The SMILES string of the molecule is O=C(O)c1cccc(-n2cccc2[C@H]2[C@@H](c3ccccn3)NC(=S)N2CCCO)c1. The molecule has 2 aromatic heterocycles. The van der Waals surface area contributed by atoms with Crippen molar-refractivity contribution in [3.63, 3.8) is 0 Å². The Kier molecular flexibility index (Phi) is 5.78. The maximum Gasteiger partial charge on any atom is 0.335 e. The van der Waals surface area contributed by atoms with Crippen molar-refractivity contribution in [1.29, 1.82) is 0 Å². The first-order valence-corrected chi connectivity index (χ1v) is 10.1. The van der Waals surface area contributed by atoms with Gasteiger partial charge in [0.1, 0.15) is 0 Å². The van der Waals surface area contributed by atoms with Crippen molar-refractivity contribution in [3.05, 3.63) is 83.9 Å². The molecule has 0 saturated carbocycles. The lowest BCUT2D eigenvalue weighted by Crippen LogP contribution is -2.31. The minimum Gasteiger partial charge on any atom is -0.478 e. The van der Waals surface area contributed by atoms with E-state index in [1.165, 1.54) is 0 Å². The van der Waals surface area contributed by atoms with Crippen molar-refractivity contribution in [2.24, 2.45) is 0 Å². The highest BCUT2D eigenvalue weighted by Crippen LogP contribution is 2.39. The second-order valence-electron chi connectivity index (χ2n) is 7.06. The summed E-state index contributed by atoms with van der Waals surface area (Å²) in [5, 5.41) is 22.7. The van der Waals surface area contributed by atoms with Crippen molar-refractivity contribution in [2.45, 2.75) is 18.5 Å². The van der Waals surface area contributed by atoms with Gasteiger partial charge in [0.25, 0.3) is 0 Å². The van der Waals surface area contributed by atoms with Crippen LogP contribution in [0.15, 0.2) is 67.0 Å². The number of nitrogens with one attached hydrogen (secondary N) is 1. The second kappa shape index (κ2) is 8.64. The molecule has 1 fully saturated rings. The Morgan fingerprint density at radius 1 is 1.17 bits per heavy atom. The third-order valence-electron chi connectivity index (χ3n) is 5.21. The smallest absolute Gasteiger partial charge is 0.335 e. The molecule has 8 heteroatoms. The Labute approximate surface area is 179 Å². The Morgan fingerprint density at radius 2 is 2.03 bits per heavy atom. The van der Waals surface area contributed by atoms with Gasteiger partial charge >= 0.3 is 5.97 Å². The summed E-state index contributed by atoms with van der Waals surface area (Å²) in [7, 11) is 0. The Bertz CT molecular complexity index is 1050. The van der Waals surface area contributed by atoms with E-state index in [1.807, 2.05) is 47.2 Å². The number of carbonyl (C=O) groups is 1. The molecule has 1 aliphatic rings. The van der Waals surface area contributed by atoms with Gasteiger partial charge in [-0.25, -0.2) is 4.79 Å². The van der Waals surface area contributed by atoms with Crippen LogP contribution >= 0.6 is 12.2 Å². The highest BCUT2D eigenvalue weighted by molar-refractivity contribution is 7.80. The zero-order chi connectivity index (χ0) is 21.1. The molecule has 2 atom stereocenters. The van der Waals surface area contributed by atoms with Crippen LogP contribution < -0.4 is 5.32 Å². The average Bonchev–Trinajstić information content (AvgIpc) is 3.37. The van der Waals surface area contributed by atoms with Gasteiger partial charge in [-0.1, -0.05) is 12.1 Å². The third-order valence-corrected chi connectivity index (χ3v) is 5.56. The van der Waals surface area contributed by atoms with Crippen LogP contribution in [0.25, 0.3) is 5.69 Å². The quantitative estimate of drug-likeness (QED) is 0.504. The van der Waals surface area contributed by atoms with Gasteiger partial charge in [-0.15, -0.1) is 0 Å². The van der Waals surface area contributed by atoms with Crippen LogP contribution in [0.5, 0.6) is 0 Å². The summed E-state index contributed by atoms with van der Waals surface area (Å²) in [6.07, 6.45) is 4.25. The standard InChI is InChI=1S/C22H22N4O3S/c27-13-5-12-26-20(19(24-22(26)30)17-8-1-2-10-23-17)18-9-4-11-25(18)16-7-3-6-15(14-16)21(28)29/h1-4,6-11,14,19-20,27H,5,12-13H2,(H,24,30)(H,28,29)/t19-,20+/m1/s1. The third kappa shape index (κ3) is 3.79. The van der Waals surface area contributed by atoms with E-state index in [2.05, 4.69) is 15.2 Å². The van der Waals surface area contributed by atoms with E-state index in [-0.39, 0.29) is 24.3 Å². The molecule has 4 rings (SSSR count). The van der Waals surface area contributed by atoms with Crippen molar-refractivity contribution in [1.82, 2.24) is 19.8 Å². The molecule has 1 saturated heterocycles. The number of rotatable bonds is 7. The maximum atomic E-state index is 11.4. The van der Waals surface area contributed by atoms with Crippen LogP contribution in [0.3, 0.4) is 0 Å². The molecule has 3 heterocycles. The van der Waals surface area contributed by atoms with Crippen LogP contribution in [0, 0.1) is 0 Å². The average molecular weight is 423 g/mol. The highest BCUT2D eigenvalue weighted by atomic mass is 32.1. The molecule has 3 N–H and O–H groups in total. The minimum atomic E-state index is -0.967. The van der Waals surface area contributed by atoms with Gasteiger partial charge in [0, 0.05) is 36.9 Å². The zero-order valence-corrected chi connectivity index (χ0v) is 17.0. The van der Waals surface area contributed by atoms with E-state index in [1.54, 1.807) is 24.4 Å².